The lowest BCUT2D eigenvalue weighted by Gasteiger charge is -2.53. The Morgan fingerprint density at radius 1 is 1.16 bits per heavy atom. The molecule has 1 amide bonds. The summed E-state index contributed by atoms with van der Waals surface area (Å²) in [6, 6.07) is 2.18. The maximum Gasteiger partial charge on any atom is 0.410 e. The lowest BCUT2D eigenvalue weighted by molar-refractivity contribution is -0.0434. The molecule has 3 fully saturated rings. The fourth-order valence-corrected chi connectivity index (χ4v) is 6.26. The van der Waals surface area contributed by atoms with Gasteiger partial charge in [0, 0.05) is 53.6 Å². The molecule has 0 N–H and O–H groups in total. The van der Waals surface area contributed by atoms with E-state index in [4.69, 9.17) is 14.5 Å². The molecule has 0 aliphatic carbocycles. The number of rotatable bonds is 3. The highest BCUT2D eigenvalue weighted by atomic mass is 127. The molecule has 1 aromatic heterocycles. The number of halogens is 3. The van der Waals surface area contributed by atoms with Gasteiger partial charge in [-0.3, -0.25) is 0 Å². The third-order valence-electron chi connectivity index (χ3n) is 7.55. The van der Waals surface area contributed by atoms with Gasteiger partial charge >= 0.3 is 12.1 Å². The molecule has 0 atom stereocenters. The van der Waals surface area contributed by atoms with Crippen LogP contribution in [0.25, 0.3) is 10.9 Å². The Balaban J connectivity index is 1.35. The number of anilines is 1. The number of ether oxygens (including phenoxy) is 2. The summed E-state index contributed by atoms with van der Waals surface area (Å²) in [6.07, 6.45) is 3.43. The Morgan fingerprint density at radius 2 is 1.81 bits per heavy atom. The molecule has 3 aliphatic heterocycles. The van der Waals surface area contributed by atoms with Crippen LogP contribution in [0.15, 0.2) is 10.5 Å². The van der Waals surface area contributed by atoms with Gasteiger partial charge in [0.25, 0.3) is 0 Å². The van der Waals surface area contributed by atoms with Gasteiger partial charge < -0.3 is 24.2 Å². The van der Waals surface area contributed by atoms with Crippen LogP contribution in [0.1, 0.15) is 46.5 Å². The second kappa shape index (κ2) is 10.3. The summed E-state index contributed by atoms with van der Waals surface area (Å²) in [5.74, 6) is 0.328. The Hall–Kier alpha value is -1.47. The molecule has 5 rings (SSSR count). The normalized spacial score (nSPS) is 20.8. The van der Waals surface area contributed by atoms with E-state index in [2.05, 4.69) is 60.4 Å². The van der Waals surface area contributed by atoms with Crippen LogP contribution in [0.3, 0.4) is 0 Å². The Morgan fingerprint density at radius 3 is 2.43 bits per heavy atom. The van der Waals surface area contributed by atoms with Crippen molar-refractivity contribution in [2.45, 2.75) is 58.2 Å². The first kappa shape index (κ1) is 27.1. The molecule has 11 heteroatoms. The van der Waals surface area contributed by atoms with Gasteiger partial charge in [-0.15, -0.1) is 0 Å². The number of hydrogen-bond acceptors (Lipinski definition) is 7. The minimum Gasteiger partial charge on any atom is -0.460 e. The van der Waals surface area contributed by atoms with Crippen molar-refractivity contribution in [2.75, 3.05) is 51.2 Å². The summed E-state index contributed by atoms with van der Waals surface area (Å²) in [6.45, 7) is 10.5. The van der Waals surface area contributed by atoms with Crippen molar-refractivity contribution in [3.8, 4) is 6.01 Å². The van der Waals surface area contributed by atoms with Gasteiger partial charge in [-0.1, -0.05) is 0 Å². The van der Waals surface area contributed by atoms with Gasteiger partial charge in [0.15, 0.2) is 5.82 Å². The van der Waals surface area contributed by atoms with Gasteiger partial charge in [-0.05, 0) is 98.1 Å². The molecule has 8 nitrogen and oxygen atoms in total. The van der Waals surface area contributed by atoms with Crippen molar-refractivity contribution in [2.24, 2.45) is 5.41 Å². The van der Waals surface area contributed by atoms with Crippen LogP contribution in [-0.4, -0.2) is 83.9 Å². The van der Waals surface area contributed by atoms with Gasteiger partial charge in [-0.2, -0.15) is 9.97 Å². The maximum absolute atomic E-state index is 15.4. The zero-order valence-corrected chi connectivity index (χ0v) is 25.6. The zero-order chi connectivity index (χ0) is 26.5. The smallest absolute Gasteiger partial charge is 0.410 e. The van der Waals surface area contributed by atoms with Crippen molar-refractivity contribution in [1.29, 1.82) is 0 Å². The van der Waals surface area contributed by atoms with Crippen molar-refractivity contribution < 1.29 is 18.7 Å². The third-order valence-corrected chi connectivity index (χ3v) is 9.92. The highest BCUT2D eigenvalue weighted by Gasteiger charge is 2.48. The molecule has 1 aromatic carbocycles. The van der Waals surface area contributed by atoms with E-state index in [1.165, 1.54) is 0 Å². The van der Waals surface area contributed by atoms with E-state index in [-0.39, 0.29) is 35.0 Å². The predicted molar refractivity (Wildman–Crippen MR) is 153 cm³/mol. The summed E-state index contributed by atoms with van der Waals surface area (Å²) in [7, 11) is 2.10. The van der Waals surface area contributed by atoms with E-state index in [9.17, 15) is 4.79 Å². The van der Waals surface area contributed by atoms with Gasteiger partial charge in [0.1, 0.15) is 23.0 Å². The summed E-state index contributed by atoms with van der Waals surface area (Å²) in [5.41, 5.74) is -0.112. The number of nitrogens with zero attached hydrogens (tertiary/aromatic N) is 5. The van der Waals surface area contributed by atoms with Crippen molar-refractivity contribution >= 4 is 61.3 Å². The fraction of sp³-hybridized carbons (Fsp3) is 0.654. The quantitative estimate of drug-likeness (QED) is 0.314. The van der Waals surface area contributed by atoms with Crippen LogP contribution >= 0.6 is 38.5 Å². The van der Waals surface area contributed by atoms with Crippen molar-refractivity contribution in [1.82, 2.24) is 19.8 Å². The molecule has 0 bridgehead atoms. The Labute approximate surface area is 239 Å². The molecular weight excluding hydrogens is 656 g/mol. The summed E-state index contributed by atoms with van der Waals surface area (Å²) < 4.78 is 28.3. The van der Waals surface area contributed by atoms with Crippen LogP contribution < -0.4 is 9.64 Å². The first-order valence-corrected chi connectivity index (χ1v) is 14.7. The minimum absolute atomic E-state index is 0.0234. The molecule has 37 heavy (non-hydrogen) atoms. The van der Waals surface area contributed by atoms with Crippen LogP contribution in [0.4, 0.5) is 15.0 Å². The maximum atomic E-state index is 15.4. The summed E-state index contributed by atoms with van der Waals surface area (Å²) >= 11 is 5.50. The number of amides is 1. The average Bonchev–Trinajstić information content (AvgIpc) is 2.82. The minimum atomic E-state index is -0.494. The number of carbonyl (C=O) groups excluding carboxylic acids is 1. The molecule has 3 saturated heterocycles. The number of benzene rings is 1. The van der Waals surface area contributed by atoms with E-state index in [0.717, 1.165) is 61.3 Å². The van der Waals surface area contributed by atoms with Crippen LogP contribution in [-0.2, 0) is 4.74 Å². The monoisotopic (exact) mass is 689 g/mol. The molecule has 0 unspecified atom stereocenters. The number of hydrogen-bond donors (Lipinski definition) is 0. The fourth-order valence-electron chi connectivity index (χ4n) is 5.41. The third kappa shape index (κ3) is 5.78. The Bertz CT molecular complexity index is 1190. The molecule has 4 heterocycles. The molecular formula is C26H34BrFIN5O3. The summed E-state index contributed by atoms with van der Waals surface area (Å²) in [5, 5.41) is 0.695. The average molecular weight is 690 g/mol. The van der Waals surface area contributed by atoms with E-state index < -0.39 is 5.60 Å². The SMILES string of the molecule is CN1CCC(Oc2nc(N3CCC4(CC3)CN(C(=O)OC(C)(C)C)C4)c3cc(I)c(Br)c(F)c3n2)CC1. The summed E-state index contributed by atoms with van der Waals surface area (Å²) in [4.78, 5) is 28.1. The number of fused-ring (bicyclic) bond motifs is 1. The van der Waals surface area contributed by atoms with Crippen molar-refractivity contribution in [3.63, 3.8) is 0 Å². The number of carbonyl (C=O) groups is 1. The first-order chi connectivity index (χ1) is 17.4. The van der Waals surface area contributed by atoms with E-state index >= 15 is 4.39 Å². The van der Waals surface area contributed by atoms with Crippen LogP contribution in [0.5, 0.6) is 6.01 Å². The molecule has 1 spiro atoms. The van der Waals surface area contributed by atoms with Gasteiger partial charge in [-0.25, -0.2) is 9.18 Å². The lowest BCUT2D eigenvalue weighted by Crippen LogP contribution is -2.62. The topological polar surface area (TPSA) is 71.0 Å². The number of likely N-dealkylation sites (tertiary alicyclic amines) is 2. The van der Waals surface area contributed by atoms with E-state index in [0.29, 0.717) is 22.9 Å². The lowest BCUT2D eigenvalue weighted by atomic mass is 9.72. The van der Waals surface area contributed by atoms with Crippen molar-refractivity contribution in [3.05, 3.63) is 19.9 Å². The van der Waals surface area contributed by atoms with E-state index in [1.54, 1.807) is 4.90 Å². The van der Waals surface area contributed by atoms with Gasteiger partial charge in [0.05, 0.1) is 4.47 Å². The highest BCUT2D eigenvalue weighted by molar-refractivity contribution is 14.1. The van der Waals surface area contributed by atoms with Gasteiger partial charge in [0.2, 0.25) is 0 Å². The standard InChI is InChI=1S/C26H34BrFIN5O3/c1-25(2,3)37-24(35)34-14-26(15-34)7-11-33(12-8-26)22-17-13-18(29)19(27)20(28)21(17)30-23(31-22)36-16-5-9-32(4)10-6-16/h13,16H,5-12,14-15H2,1-4H3. The van der Waals surface area contributed by atoms with Crippen LogP contribution in [0.2, 0.25) is 0 Å². The number of aromatic nitrogens is 2. The first-order valence-electron chi connectivity index (χ1n) is 12.9. The molecule has 2 aromatic rings. The molecule has 0 saturated carbocycles. The predicted octanol–water partition coefficient (Wildman–Crippen LogP) is 5.45. The second-order valence-corrected chi connectivity index (χ2v) is 13.6. The molecule has 0 radical (unpaired) electrons. The second-order valence-electron chi connectivity index (χ2n) is 11.7. The largest absolute Gasteiger partial charge is 0.460 e. The molecule has 202 valence electrons. The molecule has 3 aliphatic rings. The van der Waals surface area contributed by atoms with E-state index in [1.807, 2.05) is 26.8 Å². The number of piperidine rings is 2. The van der Waals surface area contributed by atoms with Crippen LogP contribution in [0, 0.1) is 14.8 Å². The highest BCUT2D eigenvalue weighted by Crippen LogP contribution is 2.43. The zero-order valence-electron chi connectivity index (χ0n) is 21.8. The Kier molecular flexibility index (Phi) is 7.51.